The molecule has 16 aromatic rings. The van der Waals surface area contributed by atoms with Crippen LogP contribution in [0.15, 0.2) is 279 Å². The summed E-state index contributed by atoms with van der Waals surface area (Å²) >= 11 is 0. The van der Waals surface area contributed by atoms with Gasteiger partial charge >= 0.3 is 40.2 Å². The number of aromatic nitrogens is 10. The minimum Gasteiger partial charge on any atom is -0.814 e. The Morgan fingerprint density at radius 3 is 0.942 bits per heavy atom. The molecular formula is C89H77Ir2N11Si. The van der Waals surface area contributed by atoms with Gasteiger partial charge in [0, 0.05) is 46.1 Å². The number of aryl methyl sites for hydroxylation is 6. The van der Waals surface area contributed by atoms with Gasteiger partial charge in [-0.2, -0.15) is 0 Å². The summed E-state index contributed by atoms with van der Waals surface area (Å²) in [6.07, 6.45) is 11.3. The van der Waals surface area contributed by atoms with Gasteiger partial charge in [-0.25, -0.2) is 6.21 Å². The van der Waals surface area contributed by atoms with Crippen LogP contribution in [0.1, 0.15) is 29.2 Å². The standard InChI is InChI=1S/2C22H17N4.2C12H10N.C11H14Si.C8H5.C2H4N.2Ir/c2*1-25-19-12-5-3-10-17(19)23-21(25)15-8-7-9-16(14-15)22-24-18-11-4-6-13-20(18)26(22)2;2*1-10-5-7-11(8-6-10)12-4-2-3-9-13-12;1-12(2,3)10-9-11-7-5-4-6-8-11;1-2-8-6-4-3-5-7-8;1-2-3;;/h2*3-13H,1-2H3;2*2-7,9H,1H3;4-8H,1-3H3;3-7H;2H,1H3;;/q4*-1;;2*-1;2*+3. The van der Waals surface area contributed by atoms with Crippen molar-refractivity contribution in [2.75, 3.05) is 0 Å². The summed E-state index contributed by atoms with van der Waals surface area (Å²) in [5.41, 5.74) is 24.1. The first kappa shape index (κ1) is 77.4. The molecule has 0 unspecified atom stereocenters. The van der Waals surface area contributed by atoms with Gasteiger partial charge < -0.3 is 40.1 Å². The molecule has 0 saturated heterocycles. The molecule has 510 valence electrons. The van der Waals surface area contributed by atoms with E-state index in [4.69, 9.17) is 31.8 Å². The molecule has 0 spiro atoms. The van der Waals surface area contributed by atoms with Gasteiger partial charge in [0.05, 0.1) is 67.4 Å². The fourth-order valence-electron chi connectivity index (χ4n) is 10.7. The maximum Gasteiger partial charge on any atom is 3.00 e. The van der Waals surface area contributed by atoms with Crippen LogP contribution in [0.2, 0.25) is 19.6 Å². The third kappa shape index (κ3) is 20.9. The van der Waals surface area contributed by atoms with Gasteiger partial charge in [-0.3, -0.25) is 25.9 Å². The molecule has 0 radical (unpaired) electrons. The minimum atomic E-state index is -1.20. The number of benzene rings is 10. The summed E-state index contributed by atoms with van der Waals surface area (Å²) in [6, 6.07) is 102. The Morgan fingerprint density at radius 2 is 0.680 bits per heavy atom. The third-order valence-electron chi connectivity index (χ3n) is 15.8. The van der Waals surface area contributed by atoms with E-state index in [1.54, 1.807) is 19.3 Å². The average molecular weight is 1710 g/mol. The molecule has 6 aromatic heterocycles. The largest absolute Gasteiger partial charge is 3.00 e. The molecule has 16 rings (SSSR count). The molecule has 11 nitrogen and oxygen atoms in total. The van der Waals surface area contributed by atoms with Gasteiger partial charge in [0.2, 0.25) is 0 Å². The van der Waals surface area contributed by atoms with E-state index in [1.165, 1.54) is 11.1 Å². The number of hydrogen-bond acceptors (Lipinski definition) is 6. The Hall–Kier alpha value is -11.3. The molecule has 0 amide bonds. The van der Waals surface area contributed by atoms with E-state index < -0.39 is 8.07 Å². The smallest absolute Gasteiger partial charge is 0.814 e. The van der Waals surface area contributed by atoms with E-state index >= 15 is 0 Å². The SMILES string of the molecule is CC=[N-].C[Si](C)(C)C#Cc1ccccc1.Cc1c[c-]c(-c2ccccn2)cc1.Cc1c[c-]c(-c2ccccn2)cc1.Cn1c(-c2[c-]c(-c3nc4ccccc4n3C)ccc2)nc2ccccc21.Cn1c(-c2[c-]c(-c3nc4ccccc4n3C)ccc2)nc2ccccc21.[C-]#Cc1ccccc1.[Ir+3].[Ir+3]. The van der Waals surface area contributed by atoms with Crippen LogP contribution < -0.4 is 0 Å². The number of imidazole rings is 4. The predicted octanol–water partition coefficient (Wildman–Crippen LogP) is 20.1. The molecular weight excluding hydrogens is 1640 g/mol. The Morgan fingerprint density at radius 1 is 0.379 bits per heavy atom. The van der Waals surface area contributed by atoms with Gasteiger partial charge in [0.15, 0.2) is 0 Å². The van der Waals surface area contributed by atoms with Crippen molar-refractivity contribution in [1.29, 1.82) is 0 Å². The zero-order chi connectivity index (χ0) is 71.1. The molecule has 0 aliphatic rings. The predicted molar refractivity (Wildman–Crippen MR) is 420 cm³/mol. The van der Waals surface area contributed by atoms with Crippen LogP contribution in [0, 0.1) is 61.9 Å². The fourth-order valence-corrected chi connectivity index (χ4v) is 11.2. The van der Waals surface area contributed by atoms with Crippen LogP contribution in [0.4, 0.5) is 0 Å². The van der Waals surface area contributed by atoms with E-state index in [0.29, 0.717) is 0 Å². The van der Waals surface area contributed by atoms with Crippen LogP contribution in [-0.2, 0) is 68.4 Å². The van der Waals surface area contributed by atoms with Crippen molar-refractivity contribution in [2.45, 2.75) is 40.4 Å². The maximum atomic E-state index is 7.44. The van der Waals surface area contributed by atoms with Crippen LogP contribution in [0.25, 0.3) is 118 Å². The molecule has 6 heterocycles. The van der Waals surface area contributed by atoms with Crippen molar-refractivity contribution in [2.24, 2.45) is 28.2 Å². The van der Waals surface area contributed by atoms with Crippen molar-refractivity contribution in [3.05, 3.63) is 338 Å². The number of para-hydroxylation sites is 8. The summed E-state index contributed by atoms with van der Waals surface area (Å²) in [6.45, 7) is 12.4. The Bertz CT molecular complexity index is 4980. The molecule has 10 aromatic carbocycles. The van der Waals surface area contributed by atoms with Crippen molar-refractivity contribution < 1.29 is 40.2 Å². The van der Waals surface area contributed by atoms with E-state index in [2.05, 4.69) is 140 Å². The zero-order valence-electron chi connectivity index (χ0n) is 59.2. The monoisotopic (exact) mass is 1710 g/mol. The molecule has 0 fully saturated rings. The van der Waals surface area contributed by atoms with E-state index in [9.17, 15) is 0 Å². The van der Waals surface area contributed by atoms with Crippen LogP contribution in [0.3, 0.4) is 0 Å². The van der Waals surface area contributed by atoms with Gasteiger partial charge in [0.25, 0.3) is 0 Å². The second-order valence-electron chi connectivity index (χ2n) is 24.5. The van der Waals surface area contributed by atoms with Crippen LogP contribution in [-0.4, -0.2) is 62.5 Å². The quantitative estimate of drug-likeness (QED) is 0.0708. The second-order valence-corrected chi connectivity index (χ2v) is 29.2. The molecule has 103 heavy (non-hydrogen) atoms. The fraction of sp³-hybridized carbons (Fsp3) is 0.112. The molecule has 0 aliphatic heterocycles. The van der Waals surface area contributed by atoms with Gasteiger partial charge in [-0.15, -0.1) is 143 Å². The summed E-state index contributed by atoms with van der Waals surface area (Å²) < 4.78 is 8.44. The molecule has 0 saturated carbocycles. The average Bonchev–Trinajstić information content (AvgIpc) is 1.64. The molecule has 0 aliphatic carbocycles. The molecule has 0 atom stereocenters. The summed E-state index contributed by atoms with van der Waals surface area (Å²) in [5, 5.41) is 7.44. The molecule has 0 N–H and O–H groups in total. The van der Waals surface area contributed by atoms with E-state index in [1.807, 2.05) is 259 Å². The Kier molecular flexibility index (Phi) is 28.5. The van der Waals surface area contributed by atoms with Crippen molar-refractivity contribution in [3.8, 4) is 85.5 Å². The van der Waals surface area contributed by atoms with Crippen LogP contribution >= 0.6 is 0 Å². The van der Waals surface area contributed by atoms with Crippen molar-refractivity contribution in [1.82, 2.24) is 48.2 Å². The Balaban J connectivity index is 0.000000162. The molecule has 14 heteroatoms. The minimum absolute atomic E-state index is 0. The topological polar surface area (TPSA) is 119 Å². The Labute approximate surface area is 633 Å². The van der Waals surface area contributed by atoms with E-state index in [-0.39, 0.29) is 40.2 Å². The summed E-state index contributed by atoms with van der Waals surface area (Å²) in [5.74, 6) is 9.11. The maximum absolute atomic E-state index is 7.44. The zero-order valence-corrected chi connectivity index (χ0v) is 65.0. The summed E-state index contributed by atoms with van der Waals surface area (Å²) in [4.78, 5) is 27.6. The number of rotatable bonds is 6. The molecule has 0 bridgehead atoms. The number of hydrogen-bond donors (Lipinski definition) is 0. The van der Waals surface area contributed by atoms with E-state index in [0.717, 1.165) is 130 Å². The van der Waals surface area contributed by atoms with Gasteiger partial charge in [0.1, 0.15) is 8.07 Å². The number of fused-ring (bicyclic) bond motifs is 4. The summed E-state index contributed by atoms with van der Waals surface area (Å²) in [7, 11) is 6.97. The second kappa shape index (κ2) is 37.9. The first-order chi connectivity index (χ1) is 49.1. The van der Waals surface area contributed by atoms with Gasteiger partial charge in [-0.05, 0) is 84.2 Å². The first-order valence-corrected chi connectivity index (χ1v) is 36.6. The normalized spacial score (nSPS) is 10.2. The number of nitrogens with zero attached hydrogens (tertiary/aromatic N) is 11. The third-order valence-corrected chi connectivity index (χ3v) is 16.7. The first-order valence-electron chi connectivity index (χ1n) is 33.1. The number of pyridine rings is 2. The van der Waals surface area contributed by atoms with Crippen molar-refractivity contribution >= 4 is 58.4 Å². The van der Waals surface area contributed by atoms with Crippen LogP contribution in [0.5, 0.6) is 0 Å². The van der Waals surface area contributed by atoms with Gasteiger partial charge in [-0.1, -0.05) is 178 Å². The van der Waals surface area contributed by atoms with Crippen molar-refractivity contribution in [3.63, 3.8) is 0 Å².